The van der Waals surface area contributed by atoms with Crippen molar-refractivity contribution in [2.45, 2.75) is 51.9 Å². The van der Waals surface area contributed by atoms with E-state index in [9.17, 15) is 9.59 Å². The molecule has 0 fully saturated rings. The summed E-state index contributed by atoms with van der Waals surface area (Å²) in [7, 11) is 1.61. The Balaban J connectivity index is 0.00000341. The number of para-hydroxylation sites is 1. The first-order valence-electron chi connectivity index (χ1n) is 10.5. The van der Waals surface area contributed by atoms with Crippen LogP contribution in [0, 0.1) is 5.92 Å². The van der Waals surface area contributed by atoms with Crippen molar-refractivity contribution in [2.24, 2.45) is 5.92 Å². The Hall–Kier alpha value is -2.57. The number of methoxy groups -OCH3 is 1. The zero-order chi connectivity index (χ0) is 21.5. The summed E-state index contributed by atoms with van der Waals surface area (Å²) in [5, 5.41) is 9.20. The number of fused-ring (bicyclic) bond motifs is 1. The second-order valence-electron chi connectivity index (χ2n) is 8.13. The molecule has 7 heteroatoms. The lowest BCUT2D eigenvalue weighted by atomic mass is 9.95. The quantitative estimate of drug-likeness (QED) is 0.583. The first-order chi connectivity index (χ1) is 14.5. The summed E-state index contributed by atoms with van der Waals surface area (Å²) in [5.41, 5.74) is 3.29. The van der Waals surface area contributed by atoms with E-state index in [4.69, 9.17) is 4.74 Å². The third kappa shape index (κ3) is 6.71. The molecule has 0 saturated heterocycles. The van der Waals surface area contributed by atoms with E-state index in [1.165, 1.54) is 11.1 Å². The molecular formula is C24H32ClN3O3. The van der Waals surface area contributed by atoms with Gasteiger partial charge in [-0.25, -0.2) is 0 Å². The zero-order valence-corrected chi connectivity index (χ0v) is 19.1. The molecule has 6 nitrogen and oxygen atoms in total. The Morgan fingerprint density at radius 1 is 1.10 bits per heavy atom. The Bertz CT molecular complexity index is 888. The lowest BCUT2D eigenvalue weighted by Gasteiger charge is -2.28. The van der Waals surface area contributed by atoms with Gasteiger partial charge in [-0.3, -0.25) is 9.59 Å². The molecule has 2 amide bonds. The van der Waals surface area contributed by atoms with Crippen LogP contribution in [0.15, 0.2) is 48.5 Å². The maximum absolute atomic E-state index is 12.9. The molecule has 0 aliphatic carbocycles. The minimum Gasteiger partial charge on any atom is -0.496 e. The largest absolute Gasteiger partial charge is 0.496 e. The minimum absolute atomic E-state index is 0. The van der Waals surface area contributed by atoms with Crippen LogP contribution in [-0.4, -0.2) is 31.0 Å². The van der Waals surface area contributed by atoms with Crippen LogP contribution in [0.25, 0.3) is 0 Å². The van der Waals surface area contributed by atoms with Gasteiger partial charge < -0.3 is 20.7 Å². The number of benzene rings is 2. The van der Waals surface area contributed by atoms with Crippen LogP contribution in [0.3, 0.4) is 0 Å². The number of hydrogen-bond donors (Lipinski definition) is 3. The maximum Gasteiger partial charge on any atom is 0.242 e. The van der Waals surface area contributed by atoms with Gasteiger partial charge in [0.05, 0.1) is 13.2 Å². The Morgan fingerprint density at radius 2 is 1.77 bits per heavy atom. The van der Waals surface area contributed by atoms with E-state index in [-0.39, 0.29) is 36.2 Å². The van der Waals surface area contributed by atoms with Crippen molar-refractivity contribution in [3.63, 3.8) is 0 Å². The molecular weight excluding hydrogens is 414 g/mol. The average molecular weight is 446 g/mol. The van der Waals surface area contributed by atoms with Crippen molar-refractivity contribution in [1.29, 1.82) is 0 Å². The highest BCUT2D eigenvalue weighted by atomic mass is 35.5. The number of amides is 2. The molecule has 2 atom stereocenters. The highest BCUT2D eigenvalue weighted by Crippen LogP contribution is 2.18. The Labute approximate surface area is 190 Å². The summed E-state index contributed by atoms with van der Waals surface area (Å²) >= 11 is 0. The molecule has 0 aromatic heterocycles. The first-order valence-corrected chi connectivity index (χ1v) is 10.5. The summed E-state index contributed by atoms with van der Waals surface area (Å²) in [6, 6.07) is 14.8. The summed E-state index contributed by atoms with van der Waals surface area (Å²) in [5.74, 6) is 0.682. The molecule has 3 rings (SSSR count). The molecule has 0 bridgehead atoms. The summed E-state index contributed by atoms with van der Waals surface area (Å²) in [4.78, 5) is 25.8. The molecule has 3 N–H and O–H groups in total. The number of carbonyl (C=O) groups is 2. The molecule has 0 radical (unpaired) electrons. The molecule has 1 aliphatic heterocycles. The van der Waals surface area contributed by atoms with Crippen LogP contribution in [0.2, 0.25) is 0 Å². The topological polar surface area (TPSA) is 79.5 Å². The lowest BCUT2D eigenvalue weighted by Crippen LogP contribution is -2.54. The van der Waals surface area contributed by atoms with Crippen molar-refractivity contribution < 1.29 is 14.3 Å². The molecule has 0 unspecified atom stereocenters. The molecule has 31 heavy (non-hydrogen) atoms. The highest BCUT2D eigenvalue weighted by molar-refractivity contribution is 5.90. The van der Waals surface area contributed by atoms with Gasteiger partial charge in [-0.15, -0.1) is 12.4 Å². The van der Waals surface area contributed by atoms with E-state index in [0.717, 1.165) is 11.3 Å². The van der Waals surface area contributed by atoms with Crippen molar-refractivity contribution in [3.05, 3.63) is 65.2 Å². The summed E-state index contributed by atoms with van der Waals surface area (Å²) in [6.07, 6.45) is 1.20. The fourth-order valence-electron chi connectivity index (χ4n) is 3.77. The first kappa shape index (κ1) is 24.7. The van der Waals surface area contributed by atoms with E-state index < -0.39 is 6.04 Å². The van der Waals surface area contributed by atoms with Crippen molar-refractivity contribution in [3.8, 4) is 5.75 Å². The second kappa shape index (κ2) is 11.7. The predicted molar refractivity (Wildman–Crippen MR) is 124 cm³/mol. The number of nitrogens with one attached hydrogen (secondary N) is 3. The van der Waals surface area contributed by atoms with Gasteiger partial charge in [0.2, 0.25) is 11.8 Å². The van der Waals surface area contributed by atoms with Crippen LogP contribution >= 0.6 is 12.4 Å². The van der Waals surface area contributed by atoms with E-state index >= 15 is 0 Å². The number of halogens is 1. The highest BCUT2D eigenvalue weighted by Gasteiger charge is 2.28. The van der Waals surface area contributed by atoms with E-state index in [0.29, 0.717) is 25.9 Å². The van der Waals surface area contributed by atoms with Crippen molar-refractivity contribution in [2.75, 3.05) is 7.11 Å². The van der Waals surface area contributed by atoms with Gasteiger partial charge in [-0.2, -0.15) is 0 Å². The van der Waals surface area contributed by atoms with Crippen LogP contribution in [0.1, 0.15) is 37.0 Å². The summed E-state index contributed by atoms with van der Waals surface area (Å²) in [6.45, 7) is 5.09. The number of ether oxygens (including phenoxy) is 1. The van der Waals surface area contributed by atoms with Crippen LogP contribution in [-0.2, 0) is 29.1 Å². The molecule has 0 spiro atoms. The fourth-order valence-corrected chi connectivity index (χ4v) is 3.77. The van der Waals surface area contributed by atoms with E-state index in [2.05, 4.69) is 28.1 Å². The van der Waals surface area contributed by atoms with Crippen LogP contribution in [0.4, 0.5) is 0 Å². The molecule has 2 aromatic rings. The molecule has 168 valence electrons. The van der Waals surface area contributed by atoms with Crippen molar-refractivity contribution >= 4 is 24.2 Å². The Kier molecular flexibility index (Phi) is 9.34. The van der Waals surface area contributed by atoms with Gasteiger partial charge in [0.15, 0.2) is 0 Å². The minimum atomic E-state index is -0.578. The standard InChI is InChI=1S/C24H31N3O3.ClH/c1-16(2)12-21(23(28)26-15-19-10-6-7-11-22(19)30-3)27-24(29)20-13-17-8-4-5-9-18(17)14-25-20;/h4-11,16,20-21,25H,12-15H2,1-3H3,(H,26,28)(H,27,29);1H/t20-,21-;/m0./s1. The molecule has 1 heterocycles. The third-order valence-corrected chi connectivity index (χ3v) is 5.38. The van der Waals surface area contributed by atoms with Crippen molar-refractivity contribution in [1.82, 2.24) is 16.0 Å². The van der Waals surface area contributed by atoms with Gasteiger partial charge in [0, 0.05) is 18.7 Å². The van der Waals surface area contributed by atoms with Gasteiger partial charge in [0.1, 0.15) is 11.8 Å². The average Bonchev–Trinajstić information content (AvgIpc) is 2.76. The zero-order valence-electron chi connectivity index (χ0n) is 18.3. The van der Waals surface area contributed by atoms with Crippen LogP contribution < -0.4 is 20.7 Å². The van der Waals surface area contributed by atoms with Gasteiger partial charge >= 0.3 is 0 Å². The molecule has 2 aromatic carbocycles. The Morgan fingerprint density at radius 3 is 2.48 bits per heavy atom. The monoisotopic (exact) mass is 445 g/mol. The smallest absolute Gasteiger partial charge is 0.242 e. The third-order valence-electron chi connectivity index (χ3n) is 5.38. The fraction of sp³-hybridized carbons (Fsp3) is 0.417. The van der Waals surface area contributed by atoms with Crippen LogP contribution in [0.5, 0.6) is 5.75 Å². The summed E-state index contributed by atoms with van der Waals surface area (Å²) < 4.78 is 5.35. The maximum atomic E-state index is 12.9. The number of rotatable bonds is 8. The number of carbonyl (C=O) groups excluding carboxylic acids is 2. The molecule has 1 aliphatic rings. The second-order valence-corrected chi connectivity index (χ2v) is 8.13. The van der Waals surface area contributed by atoms with Gasteiger partial charge in [-0.05, 0) is 36.0 Å². The predicted octanol–water partition coefficient (Wildman–Crippen LogP) is 2.98. The lowest BCUT2D eigenvalue weighted by molar-refractivity contribution is -0.130. The van der Waals surface area contributed by atoms with Gasteiger partial charge in [-0.1, -0.05) is 56.3 Å². The van der Waals surface area contributed by atoms with E-state index in [1.54, 1.807) is 7.11 Å². The number of hydrogen-bond acceptors (Lipinski definition) is 4. The van der Waals surface area contributed by atoms with E-state index in [1.807, 2.05) is 50.2 Å². The SMILES string of the molecule is COc1ccccc1CNC(=O)[C@H](CC(C)C)NC(=O)[C@@H]1Cc2ccccc2CN1.Cl. The molecule has 0 saturated carbocycles. The normalized spacial score (nSPS) is 15.9. The van der Waals surface area contributed by atoms with Gasteiger partial charge in [0.25, 0.3) is 0 Å².